The van der Waals surface area contributed by atoms with Gasteiger partial charge in [0.15, 0.2) is 0 Å². The number of hydrogen-bond acceptors (Lipinski definition) is 5. The highest BCUT2D eigenvalue weighted by Crippen LogP contribution is 2.21. The number of ketones is 1. The summed E-state index contributed by atoms with van der Waals surface area (Å²) in [5.41, 5.74) is 0. The Balaban J connectivity index is 2.06. The van der Waals surface area contributed by atoms with E-state index in [1.54, 1.807) is 11.3 Å². The van der Waals surface area contributed by atoms with Crippen molar-refractivity contribution in [3.8, 4) is 10.7 Å². The molecule has 16 heavy (non-hydrogen) atoms. The van der Waals surface area contributed by atoms with Crippen LogP contribution in [0.4, 0.5) is 0 Å². The highest BCUT2D eigenvalue weighted by molar-refractivity contribution is 7.13. The van der Waals surface area contributed by atoms with E-state index in [0.717, 1.165) is 11.3 Å². The highest BCUT2D eigenvalue weighted by Gasteiger charge is 2.12. The number of carbonyl (C=O) groups excluding carboxylic acids is 1. The normalized spacial score (nSPS) is 10.6. The van der Waals surface area contributed by atoms with Crippen molar-refractivity contribution in [1.29, 1.82) is 0 Å². The Morgan fingerprint density at radius 3 is 3.12 bits per heavy atom. The van der Waals surface area contributed by atoms with Gasteiger partial charge in [-0.25, -0.2) is 0 Å². The van der Waals surface area contributed by atoms with E-state index in [1.165, 1.54) is 0 Å². The van der Waals surface area contributed by atoms with Crippen LogP contribution in [0.5, 0.6) is 0 Å². The minimum Gasteiger partial charge on any atom is -0.338 e. The predicted octanol–water partition coefficient (Wildman–Crippen LogP) is 2.71. The second-order valence-corrected chi connectivity index (χ2v) is 4.40. The Morgan fingerprint density at radius 1 is 1.56 bits per heavy atom. The van der Waals surface area contributed by atoms with Gasteiger partial charge in [0.05, 0.1) is 11.3 Å². The first-order chi connectivity index (χ1) is 7.79. The summed E-state index contributed by atoms with van der Waals surface area (Å²) >= 11 is 1.55. The van der Waals surface area contributed by atoms with Crippen LogP contribution < -0.4 is 0 Å². The number of Topliss-reactive ketones (excluding diaryl/α,β-unsaturated/α-hetero) is 1. The molecule has 0 fully saturated rings. The fraction of sp³-hybridized carbons (Fsp3) is 0.364. The summed E-state index contributed by atoms with van der Waals surface area (Å²) in [6, 6.07) is 3.85. The zero-order valence-electron chi connectivity index (χ0n) is 8.97. The molecular formula is C11H12N2O2S. The van der Waals surface area contributed by atoms with Gasteiger partial charge in [-0.05, 0) is 17.9 Å². The fourth-order valence-corrected chi connectivity index (χ4v) is 2.02. The van der Waals surface area contributed by atoms with E-state index < -0.39 is 0 Å². The van der Waals surface area contributed by atoms with Gasteiger partial charge in [0, 0.05) is 6.42 Å². The first-order valence-electron chi connectivity index (χ1n) is 5.17. The van der Waals surface area contributed by atoms with Crippen LogP contribution in [0, 0.1) is 0 Å². The molecule has 0 aliphatic rings. The van der Waals surface area contributed by atoms with E-state index >= 15 is 0 Å². The van der Waals surface area contributed by atoms with Gasteiger partial charge in [0.2, 0.25) is 11.7 Å². The van der Waals surface area contributed by atoms with Crippen molar-refractivity contribution in [3.05, 3.63) is 23.4 Å². The lowest BCUT2D eigenvalue weighted by molar-refractivity contribution is -0.118. The van der Waals surface area contributed by atoms with Crippen LogP contribution in [0.3, 0.4) is 0 Å². The first kappa shape index (κ1) is 11.0. The molecule has 0 unspecified atom stereocenters. The second-order valence-electron chi connectivity index (χ2n) is 3.45. The van der Waals surface area contributed by atoms with E-state index in [0.29, 0.717) is 18.1 Å². The Bertz CT molecular complexity index is 462. The molecule has 0 aliphatic carbocycles. The van der Waals surface area contributed by atoms with Gasteiger partial charge < -0.3 is 4.52 Å². The molecule has 2 aromatic rings. The summed E-state index contributed by atoms with van der Waals surface area (Å²) in [5.74, 6) is 1.11. The highest BCUT2D eigenvalue weighted by atomic mass is 32.1. The number of thiophene rings is 1. The maximum absolute atomic E-state index is 11.4. The molecule has 0 spiro atoms. The Kier molecular flexibility index (Phi) is 3.46. The SMILES string of the molecule is CCCC(=O)Cc1nc(-c2cccs2)no1. The average molecular weight is 236 g/mol. The van der Waals surface area contributed by atoms with Gasteiger partial charge in [-0.2, -0.15) is 4.98 Å². The van der Waals surface area contributed by atoms with Crippen molar-refractivity contribution >= 4 is 17.1 Å². The van der Waals surface area contributed by atoms with E-state index in [9.17, 15) is 4.79 Å². The third kappa shape index (κ3) is 2.55. The number of hydrogen-bond donors (Lipinski definition) is 0. The number of aromatic nitrogens is 2. The topological polar surface area (TPSA) is 56.0 Å². The van der Waals surface area contributed by atoms with Crippen LogP contribution >= 0.6 is 11.3 Å². The summed E-state index contributed by atoms with van der Waals surface area (Å²) < 4.78 is 5.03. The summed E-state index contributed by atoms with van der Waals surface area (Å²) in [7, 11) is 0. The van der Waals surface area contributed by atoms with Crippen LogP contribution in [0.1, 0.15) is 25.7 Å². The second kappa shape index (κ2) is 5.03. The molecular weight excluding hydrogens is 224 g/mol. The monoisotopic (exact) mass is 236 g/mol. The maximum atomic E-state index is 11.4. The number of nitrogens with zero attached hydrogens (tertiary/aromatic N) is 2. The number of rotatable bonds is 5. The molecule has 0 amide bonds. The molecule has 0 aromatic carbocycles. The molecule has 0 radical (unpaired) electrons. The van der Waals surface area contributed by atoms with Crippen molar-refractivity contribution < 1.29 is 9.32 Å². The molecule has 2 aromatic heterocycles. The molecule has 0 atom stereocenters. The molecule has 0 aliphatic heterocycles. The largest absolute Gasteiger partial charge is 0.338 e. The Labute approximate surface area is 97.3 Å². The number of carbonyl (C=O) groups is 1. The van der Waals surface area contributed by atoms with Gasteiger partial charge in [-0.3, -0.25) is 4.79 Å². The third-order valence-corrected chi connectivity index (χ3v) is 2.95. The van der Waals surface area contributed by atoms with Crippen LogP contribution in [-0.2, 0) is 11.2 Å². The molecule has 0 N–H and O–H groups in total. The zero-order chi connectivity index (χ0) is 11.4. The predicted molar refractivity (Wildman–Crippen MR) is 61.2 cm³/mol. The standard InChI is InChI=1S/C11H12N2O2S/c1-2-4-8(14)7-10-12-11(13-15-10)9-5-3-6-16-9/h3,5-6H,2,4,7H2,1H3. The van der Waals surface area contributed by atoms with Crippen molar-refractivity contribution in [2.45, 2.75) is 26.2 Å². The van der Waals surface area contributed by atoms with Gasteiger partial charge in [0.1, 0.15) is 5.78 Å². The minimum atomic E-state index is 0.142. The maximum Gasteiger partial charge on any atom is 0.234 e. The van der Waals surface area contributed by atoms with Crippen LogP contribution in [0.25, 0.3) is 10.7 Å². The molecule has 4 nitrogen and oxygen atoms in total. The fourth-order valence-electron chi connectivity index (χ4n) is 1.37. The molecule has 84 valence electrons. The summed E-state index contributed by atoms with van der Waals surface area (Å²) in [6.45, 7) is 1.97. The van der Waals surface area contributed by atoms with Crippen molar-refractivity contribution in [2.75, 3.05) is 0 Å². The van der Waals surface area contributed by atoms with E-state index in [1.807, 2.05) is 24.4 Å². The van der Waals surface area contributed by atoms with Gasteiger partial charge in [-0.15, -0.1) is 11.3 Å². The summed E-state index contributed by atoms with van der Waals surface area (Å²) in [6.07, 6.45) is 1.66. The smallest absolute Gasteiger partial charge is 0.234 e. The third-order valence-electron chi connectivity index (χ3n) is 2.09. The van der Waals surface area contributed by atoms with E-state index in [-0.39, 0.29) is 12.2 Å². The lowest BCUT2D eigenvalue weighted by Crippen LogP contribution is -2.01. The van der Waals surface area contributed by atoms with E-state index in [4.69, 9.17) is 4.52 Å². The zero-order valence-corrected chi connectivity index (χ0v) is 9.79. The molecule has 0 saturated heterocycles. The molecule has 2 rings (SSSR count). The van der Waals surface area contributed by atoms with Crippen molar-refractivity contribution in [1.82, 2.24) is 10.1 Å². The van der Waals surface area contributed by atoms with Crippen LogP contribution in [0.2, 0.25) is 0 Å². The molecule has 0 saturated carbocycles. The van der Waals surface area contributed by atoms with E-state index in [2.05, 4.69) is 10.1 Å². The lowest BCUT2D eigenvalue weighted by atomic mass is 10.2. The molecule has 0 bridgehead atoms. The quantitative estimate of drug-likeness (QED) is 0.801. The van der Waals surface area contributed by atoms with Crippen molar-refractivity contribution in [3.63, 3.8) is 0 Å². The van der Waals surface area contributed by atoms with Gasteiger partial charge >= 0.3 is 0 Å². The lowest BCUT2D eigenvalue weighted by Gasteiger charge is -1.91. The first-order valence-corrected chi connectivity index (χ1v) is 6.05. The Morgan fingerprint density at radius 2 is 2.44 bits per heavy atom. The Hall–Kier alpha value is -1.49. The summed E-state index contributed by atoms with van der Waals surface area (Å²) in [5, 5.41) is 5.80. The van der Waals surface area contributed by atoms with Gasteiger partial charge in [0.25, 0.3) is 0 Å². The molecule has 5 heteroatoms. The van der Waals surface area contributed by atoms with Crippen molar-refractivity contribution in [2.24, 2.45) is 0 Å². The average Bonchev–Trinajstić information content (AvgIpc) is 2.86. The minimum absolute atomic E-state index is 0.142. The van der Waals surface area contributed by atoms with Crippen LogP contribution in [0.15, 0.2) is 22.0 Å². The summed E-state index contributed by atoms with van der Waals surface area (Å²) in [4.78, 5) is 16.5. The van der Waals surface area contributed by atoms with Gasteiger partial charge in [-0.1, -0.05) is 18.1 Å². The van der Waals surface area contributed by atoms with Crippen LogP contribution in [-0.4, -0.2) is 15.9 Å². The molecule has 2 heterocycles.